The van der Waals surface area contributed by atoms with Crippen molar-refractivity contribution in [2.75, 3.05) is 5.32 Å². The van der Waals surface area contributed by atoms with Gasteiger partial charge in [-0.2, -0.15) is 0 Å². The first kappa shape index (κ1) is 15.9. The Morgan fingerprint density at radius 2 is 1.88 bits per heavy atom. The van der Waals surface area contributed by atoms with Crippen LogP contribution in [0.2, 0.25) is 0 Å². The lowest BCUT2D eigenvalue weighted by molar-refractivity contribution is -0.142. The standard InChI is InChI=1S/C18H21N3O4/c22-17(23)11-3-5-12(6-4-11)19-18(24)20-13-7-8-14-15(9-13)25-16(21-14)10-1-2-10/h7-12H,1-6H2,(H,22,23)(H2,19,20,24). The molecule has 2 aliphatic carbocycles. The third-order valence-electron chi connectivity index (χ3n) is 5.00. The number of anilines is 1. The van der Waals surface area contributed by atoms with E-state index in [0.29, 0.717) is 42.9 Å². The van der Waals surface area contributed by atoms with Crippen molar-refractivity contribution >= 4 is 28.8 Å². The molecule has 0 radical (unpaired) electrons. The largest absolute Gasteiger partial charge is 0.481 e. The number of hydrogen-bond donors (Lipinski definition) is 3. The Labute approximate surface area is 144 Å². The Hall–Kier alpha value is -2.57. The number of carboxylic acid groups (broad SMARTS) is 1. The highest BCUT2D eigenvalue weighted by molar-refractivity contribution is 5.91. The van der Waals surface area contributed by atoms with Crippen LogP contribution >= 0.6 is 0 Å². The molecular formula is C18H21N3O4. The topological polar surface area (TPSA) is 104 Å². The molecule has 0 aliphatic heterocycles. The smallest absolute Gasteiger partial charge is 0.319 e. The number of aromatic nitrogens is 1. The highest BCUT2D eigenvalue weighted by Gasteiger charge is 2.29. The van der Waals surface area contributed by atoms with Crippen LogP contribution in [-0.2, 0) is 4.79 Å². The predicted octanol–water partition coefficient (Wildman–Crippen LogP) is 3.47. The molecule has 1 heterocycles. The molecule has 2 amide bonds. The van der Waals surface area contributed by atoms with E-state index in [2.05, 4.69) is 15.6 Å². The molecule has 1 aromatic carbocycles. The summed E-state index contributed by atoms with van der Waals surface area (Å²) in [6.07, 6.45) is 4.85. The zero-order chi connectivity index (χ0) is 17.4. The molecule has 132 valence electrons. The molecule has 2 aliphatic rings. The summed E-state index contributed by atoms with van der Waals surface area (Å²) in [7, 11) is 0. The molecule has 1 aromatic heterocycles. The van der Waals surface area contributed by atoms with E-state index in [1.165, 1.54) is 0 Å². The van der Waals surface area contributed by atoms with Crippen LogP contribution in [0.1, 0.15) is 50.3 Å². The number of aliphatic carboxylic acids is 1. The van der Waals surface area contributed by atoms with Crippen molar-refractivity contribution in [1.29, 1.82) is 0 Å². The van der Waals surface area contributed by atoms with Crippen LogP contribution in [0.5, 0.6) is 0 Å². The monoisotopic (exact) mass is 343 g/mol. The average Bonchev–Trinajstić information content (AvgIpc) is 3.35. The van der Waals surface area contributed by atoms with Crippen molar-refractivity contribution in [3.8, 4) is 0 Å². The van der Waals surface area contributed by atoms with E-state index in [-0.39, 0.29) is 18.0 Å². The number of carbonyl (C=O) groups is 2. The molecule has 2 saturated carbocycles. The quantitative estimate of drug-likeness (QED) is 0.788. The van der Waals surface area contributed by atoms with E-state index in [9.17, 15) is 9.59 Å². The molecule has 0 unspecified atom stereocenters. The second kappa shape index (κ2) is 6.38. The molecule has 0 saturated heterocycles. The van der Waals surface area contributed by atoms with Crippen LogP contribution in [-0.4, -0.2) is 28.1 Å². The molecule has 4 rings (SSSR count). The van der Waals surface area contributed by atoms with Gasteiger partial charge >= 0.3 is 12.0 Å². The van der Waals surface area contributed by atoms with Gasteiger partial charge in [0.15, 0.2) is 11.5 Å². The Bertz CT molecular complexity index is 804. The normalized spacial score (nSPS) is 23.4. The van der Waals surface area contributed by atoms with Gasteiger partial charge < -0.3 is 20.2 Å². The van der Waals surface area contributed by atoms with Gasteiger partial charge in [0.1, 0.15) is 5.52 Å². The first-order valence-corrected chi connectivity index (χ1v) is 8.79. The summed E-state index contributed by atoms with van der Waals surface area (Å²) in [5, 5.41) is 14.7. The van der Waals surface area contributed by atoms with E-state index in [0.717, 1.165) is 24.2 Å². The number of nitrogens with zero attached hydrogens (tertiary/aromatic N) is 1. The Morgan fingerprint density at radius 3 is 2.56 bits per heavy atom. The molecule has 7 heteroatoms. The SMILES string of the molecule is O=C(Nc1ccc2nc(C3CC3)oc2c1)NC1CCC(C(=O)O)CC1. The van der Waals surface area contributed by atoms with Gasteiger partial charge in [-0.25, -0.2) is 9.78 Å². The minimum atomic E-state index is -0.742. The minimum absolute atomic E-state index is 0.0195. The van der Waals surface area contributed by atoms with Crippen LogP contribution in [0.4, 0.5) is 10.5 Å². The van der Waals surface area contributed by atoms with Crippen molar-refractivity contribution in [2.45, 2.75) is 50.5 Å². The number of fused-ring (bicyclic) bond motifs is 1. The number of carbonyl (C=O) groups excluding carboxylic acids is 1. The maximum atomic E-state index is 12.2. The maximum absolute atomic E-state index is 12.2. The summed E-state index contributed by atoms with van der Waals surface area (Å²) in [4.78, 5) is 27.6. The number of oxazole rings is 1. The van der Waals surface area contributed by atoms with Gasteiger partial charge in [0.2, 0.25) is 0 Å². The lowest BCUT2D eigenvalue weighted by atomic mass is 9.86. The van der Waals surface area contributed by atoms with Crippen LogP contribution in [0, 0.1) is 5.92 Å². The molecule has 0 atom stereocenters. The first-order chi connectivity index (χ1) is 12.1. The lowest BCUT2D eigenvalue weighted by Crippen LogP contribution is -2.40. The lowest BCUT2D eigenvalue weighted by Gasteiger charge is -2.26. The average molecular weight is 343 g/mol. The third-order valence-corrected chi connectivity index (χ3v) is 5.00. The predicted molar refractivity (Wildman–Crippen MR) is 91.5 cm³/mol. The number of nitrogens with one attached hydrogen (secondary N) is 2. The number of amides is 2. The fourth-order valence-electron chi connectivity index (χ4n) is 3.36. The Morgan fingerprint density at radius 1 is 1.12 bits per heavy atom. The van der Waals surface area contributed by atoms with Crippen molar-refractivity contribution in [1.82, 2.24) is 10.3 Å². The summed E-state index contributed by atoms with van der Waals surface area (Å²) < 4.78 is 5.76. The molecule has 25 heavy (non-hydrogen) atoms. The highest BCUT2D eigenvalue weighted by atomic mass is 16.4. The summed E-state index contributed by atoms with van der Waals surface area (Å²) >= 11 is 0. The van der Waals surface area contributed by atoms with Crippen LogP contribution < -0.4 is 10.6 Å². The van der Waals surface area contributed by atoms with Gasteiger partial charge in [-0.15, -0.1) is 0 Å². The number of rotatable bonds is 4. The van der Waals surface area contributed by atoms with Crippen molar-refractivity contribution in [3.63, 3.8) is 0 Å². The maximum Gasteiger partial charge on any atom is 0.319 e. The fraction of sp³-hybridized carbons (Fsp3) is 0.500. The summed E-state index contributed by atoms with van der Waals surface area (Å²) in [6.45, 7) is 0. The third kappa shape index (κ3) is 3.60. The van der Waals surface area contributed by atoms with Crippen LogP contribution in [0.3, 0.4) is 0 Å². The van der Waals surface area contributed by atoms with Gasteiger partial charge in [0.25, 0.3) is 0 Å². The van der Waals surface area contributed by atoms with Gasteiger partial charge in [-0.05, 0) is 50.7 Å². The zero-order valence-electron chi connectivity index (χ0n) is 13.8. The Kier molecular flexibility index (Phi) is 4.07. The second-order valence-corrected chi connectivity index (χ2v) is 6.99. The van der Waals surface area contributed by atoms with Crippen molar-refractivity contribution < 1.29 is 19.1 Å². The molecule has 2 aromatic rings. The molecule has 3 N–H and O–H groups in total. The van der Waals surface area contributed by atoms with Gasteiger partial charge in [-0.3, -0.25) is 4.79 Å². The first-order valence-electron chi connectivity index (χ1n) is 8.79. The minimum Gasteiger partial charge on any atom is -0.481 e. The number of benzene rings is 1. The zero-order valence-corrected chi connectivity index (χ0v) is 13.8. The molecule has 0 spiro atoms. The highest BCUT2D eigenvalue weighted by Crippen LogP contribution is 2.40. The second-order valence-electron chi connectivity index (χ2n) is 6.99. The number of carboxylic acids is 1. The number of hydrogen-bond acceptors (Lipinski definition) is 4. The van der Waals surface area contributed by atoms with Gasteiger partial charge in [0.05, 0.1) is 5.92 Å². The summed E-state index contributed by atoms with van der Waals surface area (Å²) in [5.74, 6) is 0.212. The van der Waals surface area contributed by atoms with Gasteiger partial charge in [-0.1, -0.05) is 0 Å². The summed E-state index contributed by atoms with van der Waals surface area (Å²) in [5.41, 5.74) is 2.14. The van der Waals surface area contributed by atoms with Crippen LogP contribution in [0.25, 0.3) is 11.1 Å². The molecule has 7 nitrogen and oxygen atoms in total. The van der Waals surface area contributed by atoms with E-state index in [1.807, 2.05) is 12.1 Å². The van der Waals surface area contributed by atoms with E-state index >= 15 is 0 Å². The summed E-state index contributed by atoms with van der Waals surface area (Å²) in [6, 6.07) is 5.18. The Balaban J connectivity index is 1.34. The van der Waals surface area contributed by atoms with Crippen molar-refractivity contribution in [3.05, 3.63) is 24.1 Å². The van der Waals surface area contributed by atoms with E-state index in [1.54, 1.807) is 6.07 Å². The van der Waals surface area contributed by atoms with Crippen LogP contribution in [0.15, 0.2) is 22.6 Å². The number of urea groups is 1. The molecular weight excluding hydrogens is 322 g/mol. The fourth-order valence-corrected chi connectivity index (χ4v) is 3.36. The van der Waals surface area contributed by atoms with Gasteiger partial charge in [0, 0.05) is 23.7 Å². The van der Waals surface area contributed by atoms with E-state index in [4.69, 9.17) is 9.52 Å². The van der Waals surface area contributed by atoms with E-state index < -0.39 is 5.97 Å². The van der Waals surface area contributed by atoms with Crippen molar-refractivity contribution in [2.24, 2.45) is 5.92 Å². The molecule has 2 fully saturated rings. The molecule has 0 bridgehead atoms.